The van der Waals surface area contributed by atoms with Crippen molar-refractivity contribution in [1.29, 1.82) is 0 Å². The molecule has 0 saturated heterocycles. The van der Waals surface area contributed by atoms with Gasteiger partial charge in [-0.05, 0) is 55.5 Å². The Morgan fingerprint density at radius 2 is 1.80 bits per heavy atom. The van der Waals surface area contributed by atoms with E-state index < -0.39 is 34.4 Å². The molecule has 1 unspecified atom stereocenters. The fraction of sp³-hybridized carbons (Fsp3) is 0.435. The monoisotopic (exact) mass is 521 g/mol. The van der Waals surface area contributed by atoms with Crippen molar-refractivity contribution in [1.82, 2.24) is 5.43 Å². The number of aryl methyl sites for hydroxylation is 1. The summed E-state index contributed by atoms with van der Waals surface area (Å²) >= 11 is 1.12. The minimum absolute atomic E-state index is 0.0207. The smallest absolute Gasteiger partial charge is 0.419 e. The maximum atomic E-state index is 13.7. The SMILES string of the molecule is C[C@](N)(CO)C1=NNC(c2ccc(OCCCCc3cccc(C(F)(F)F)c3)c(C(F)(F)F)c2)S1. The van der Waals surface area contributed by atoms with Gasteiger partial charge in [-0.15, -0.1) is 0 Å². The number of nitrogens with one attached hydrogen (secondary N) is 1. The lowest BCUT2D eigenvalue weighted by Gasteiger charge is -2.21. The molecule has 0 aromatic heterocycles. The minimum Gasteiger partial charge on any atom is -0.493 e. The van der Waals surface area contributed by atoms with Crippen molar-refractivity contribution in [2.45, 2.75) is 49.5 Å². The Hall–Kier alpha value is -2.44. The first-order valence-corrected chi connectivity index (χ1v) is 11.6. The normalized spacial score (nSPS) is 18.1. The van der Waals surface area contributed by atoms with E-state index in [0.29, 0.717) is 35.4 Å². The van der Waals surface area contributed by atoms with Gasteiger partial charge in [-0.1, -0.05) is 36.0 Å². The quantitative estimate of drug-likeness (QED) is 0.301. The molecule has 192 valence electrons. The van der Waals surface area contributed by atoms with Crippen LogP contribution < -0.4 is 15.9 Å². The molecule has 12 heteroatoms. The van der Waals surface area contributed by atoms with Gasteiger partial charge in [0.15, 0.2) is 0 Å². The summed E-state index contributed by atoms with van der Waals surface area (Å²) in [6, 6.07) is 8.67. The third-order valence-corrected chi connectivity index (χ3v) is 6.71. The number of hydrogen-bond donors (Lipinski definition) is 3. The molecule has 0 aliphatic carbocycles. The van der Waals surface area contributed by atoms with Crippen LogP contribution in [0.4, 0.5) is 26.3 Å². The van der Waals surface area contributed by atoms with E-state index >= 15 is 0 Å². The van der Waals surface area contributed by atoms with E-state index in [1.165, 1.54) is 18.2 Å². The van der Waals surface area contributed by atoms with Crippen molar-refractivity contribution in [2.24, 2.45) is 10.8 Å². The number of alkyl halides is 6. The van der Waals surface area contributed by atoms with Crippen LogP contribution in [0.2, 0.25) is 0 Å². The first-order chi connectivity index (χ1) is 16.3. The van der Waals surface area contributed by atoms with Gasteiger partial charge in [0.25, 0.3) is 0 Å². The zero-order valence-corrected chi connectivity index (χ0v) is 19.5. The highest BCUT2D eigenvalue weighted by Crippen LogP contribution is 2.41. The number of ether oxygens (including phenoxy) is 1. The number of nitrogens with two attached hydrogens (primary N) is 1. The standard InChI is InChI=1S/C23H25F6N3O2S/c1-21(30,13-33)20-32-31-19(35-20)15-8-9-18(17(12-15)23(27,28)29)34-10-3-2-5-14-6-4-7-16(11-14)22(24,25)26/h4,6-9,11-12,19,31,33H,2-3,5,10,13,30H2,1H3/t19?,21-/m0/s1. The fourth-order valence-corrected chi connectivity index (χ4v) is 4.38. The number of aliphatic hydroxyl groups excluding tert-OH is 1. The largest absolute Gasteiger partial charge is 0.493 e. The van der Waals surface area contributed by atoms with Crippen molar-refractivity contribution in [3.05, 3.63) is 64.7 Å². The Bertz CT molecular complexity index is 1060. The Balaban J connectivity index is 1.59. The van der Waals surface area contributed by atoms with E-state index in [1.54, 1.807) is 13.0 Å². The summed E-state index contributed by atoms with van der Waals surface area (Å²) in [6.45, 7) is 1.17. The molecule has 0 bridgehead atoms. The molecule has 0 amide bonds. The molecule has 0 saturated carbocycles. The molecule has 0 fully saturated rings. The molecule has 4 N–H and O–H groups in total. The molecule has 1 aliphatic heterocycles. The van der Waals surface area contributed by atoms with Crippen molar-refractivity contribution >= 4 is 16.8 Å². The average molecular weight is 522 g/mol. The molecular formula is C23H25F6N3O2S. The third kappa shape index (κ3) is 7.05. The van der Waals surface area contributed by atoms with Crippen LogP contribution in [-0.4, -0.2) is 28.9 Å². The molecule has 2 aromatic rings. The van der Waals surface area contributed by atoms with Crippen LogP contribution in [0.15, 0.2) is 47.6 Å². The number of rotatable bonds is 9. The summed E-state index contributed by atoms with van der Waals surface area (Å²) in [6.07, 6.45) is -7.93. The molecular weight excluding hydrogens is 496 g/mol. The number of nitrogens with zero attached hydrogens (tertiary/aromatic N) is 1. The molecule has 1 aliphatic rings. The fourth-order valence-electron chi connectivity index (χ4n) is 3.33. The van der Waals surface area contributed by atoms with E-state index in [9.17, 15) is 31.4 Å². The van der Waals surface area contributed by atoms with Crippen LogP contribution in [0.25, 0.3) is 0 Å². The van der Waals surface area contributed by atoms with Gasteiger partial charge in [0.2, 0.25) is 0 Å². The second-order valence-electron chi connectivity index (χ2n) is 8.38. The Kier molecular flexibility index (Phi) is 8.28. The first kappa shape index (κ1) is 27.2. The van der Waals surface area contributed by atoms with Crippen LogP contribution >= 0.6 is 11.8 Å². The number of halogens is 6. The highest BCUT2D eigenvalue weighted by Gasteiger charge is 2.37. The third-order valence-electron chi connectivity index (χ3n) is 5.31. The number of hydrogen-bond acceptors (Lipinski definition) is 6. The van der Waals surface area contributed by atoms with Crippen molar-refractivity contribution < 1.29 is 36.2 Å². The Labute approximate surface area is 202 Å². The lowest BCUT2D eigenvalue weighted by molar-refractivity contribution is -0.139. The Morgan fingerprint density at radius 3 is 2.46 bits per heavy atom. The molecule has 3 rings (SSSR count). The Morgan fingerprint density at radius 1 is 1.06 bits per heavy atom. The molecule has 2 aromatic carbocycles. The zero-order chi connectivity index (χ0) is 25.9. The van der Waals surface area contributed by atoms with E-state index in [2.05, 4.69) is 10.5 Å². The average Bonchev–Trinajstić information content (AvgIpc) is 3.29. The van der Waals surface area contributed by atoms with Crippen LogP contribution in [0.5, 0.6) is 5.75 Å². The van der Waals surface area contributed by atoms with Gasteiger partial charge in [0.1, 0.15) is 16.2 Å². The summed E-state index contributed by atoms with van der Waals surface area (Å²) in [5.74, 6) is -0.330. The summed E-state index contributed by atoms with van der Waals surface area (Å²) in [7, 11) is 0. The number of benzene rings is 2. The lowest BCUT2D eigenvalue weighted by atomic mass is 10.1. The summed E-state index contributed by atoms with van der Waals surface area (Å²) in [5.41, 5.74) is 6.68. The highest BCUT2D eigenvalue weighted by atomic mass is 32.2. The van der Waals surface area contributed by atoms with Crippen LogP contribution in [0, 0.1) is 0 Å². The second kappa shape index (κ2) is 10.7. The maximum absolute atomic E-state index is 13.7. The van der Waals surface area contributed by atoms with Gasteiger partial charge in [-0.25, -0.2) is 0 Å². The van der Waals surface area contributed by atoms with Crippen LogP contribution in [-0.2, 0) is 18.8 Å². The molecule has 2 atom stereocenters. The van der Waals surface area contributed by atoms with Crippen LogP contribution in [0.3, 0.4) is 0 Å². The predicted molar refractivity (Wildman–Crippen MR) is 122 cm³/mol. The van der Waals surface area contributed by atoms with E-state index in [4.69, 9.17) is 10.5 Å². The van der Waals surface area contributed by atoms with Crippen molar-refractivity contribution in [3.63, 3.8) is 0 Å². The van der Waals surface area contributed by atoms with Gasteiger partial charge in [-0.3, -0.25) is 5.43 Å². The van der Waals surface area contributed by atoms with E-state index in [-0.39, 0.29) is 19.0 Å². The summed E-state index contributed by atoms with van der Waals surface area (Å²) in [4.78, 5) is 0. The molecule has 5 nitrogen and oxygen atoms in total. The number of hydrazone groups is 1. The van der Waals surface area contributed by atoms with E-state index in [1.807, 2.05) is 0 Å². The predicted octanol–water partition coefficient (Wildman–Crippen LogP) is 5.48. The van der Waals surface area contributed by atoms with Crippen LogP contribution in [0.1, 0.15) is 47.4 Å². The molecule has 35 heavy (non-hydrogen) atoms. The van der Waals surface area contributed by atoms with Gasteiger partial charge in [0, 0.05) is 0 Å². The number of unbranched alkanes of at least 4 members (excludes halogenated alkanes) is 1. The first-order valence-electron chi connectivity index (χ1n) is 10.7. The highest BCUT2D eigenvalue weighted by molar-refractivity contribution is 8.14. The van der Waals surface area contributed by atoms with E-state index in [0.717, 1.165) is 30.0 Å². The topological polar surface area (TPSA) is 79.9 Å². The van der Waals surface area contributed by atoms with Gasteiger partial charge >= 0.3 is 12.4 Å². The van der Waals surface area contributed by atoms with Gasteiger partial charge in [-0.2, -0.15) is 31.4 Å². The van der Waals surface area contributed by atoms with Gasteiger partial charge < -0.3 is 15.6 Å². The summed E-state index contributed by atoms with van der Waals surface area (Å²) < 4.78 is 84.9. The molecule has 1 heterocycles. The number of aliphatic hydroxyl groups is 1. The molecule has 0 spiro atoms. The van der Waals surface area contributed by atoms with Crippen molar-refractivity contribution in [3.8, 4) is 5.75 Å². The second-order valence-corrected chi connectivity index (χ2v) is 9.47. The lowest BCUT2D eigenvalue weighted by Crippen LogP contribution is -2.46. The maximum Gasteiger partial charge on any atom is 0.419 e. The summed E-state index contributed by atoms with van der Waals surface area (Å²) in [5, 5.41) is 13.2. The molecule has 0 radical (unpaired) electrons. The number of thioether (sulfide) groups is 1. The van der Waals surface area contributed by atoms with Crippen molar-refractivity contribution in [2.75, 3.05) is 13.2 Å². The zero-order valence-electron chi connectivity index (χ0n) is 18.7. The van der Waals surface area contributed by atoms with Gasteiger partial charge in [0.05, 0.1) is 29.9 Å². The minimum atomic E-state index is -4.66.